The maximum absolute atomic E-state index is 13.0. The number of ether oxygens (including phenoxy) is 1. The summed E-state index contributed by atoms with van der Waals surface area (Å²) < 4.78 is 13.0. The van der Waals surface area contributed by atoms with Crippen LogP contribution in [0.3, 0.4) is 0 Å². The van der Waals surface area contributed by atoms with Crippen molar-refractivity contribution in [3.05, 3.63) is 76.6 Å². The summed E-state index contributed by atoms with van der Waals surface area (Å²) in [7, 11) is 0. The lowest BCUT2D eigenvalue weighted by Gasteiger charge is -2.07. The van der Waals surface area contributed by atoms with Crippen LogP contribution in [0, 0.1) is 20.8 Å². The fourth-order valence-corrected chi connectivity index (χ4v) is 4.49. The fraction of sp³-hybridized carbons (Fsp3) is 0.125. The molecule has 0 aliphatic heterocycles. The molecule has 0 bridgehead atoms. The van der Waals surface area contributed by atoms with Crippen molar-refractivity contribution in [1.82, 2.24) is 9.97 Å². The van der Waals surface area contributed by atoms with E-state index >= 15 is 0 Å². The number of thiophene rings is 1. The molecule has 4 heterocycles. The van der Waals surface area contributed by atoms with Crippen molar-refractivity contribution < 1.29 is 13.9 Å². The second-order valence-corrected chi connectivity index (χ2v) is 8.28. The van der Waals surface area contributed by atoms with E-state index in [-0.39, 0.29) is 5.91 Å². The highest BCUT2D eigenvalue weighted by Gasteiger charge is 2.20. The molecule has 0 atom stereocenters. The van der Waals surface area contributed by atoms with Crippen LogP contribution in [0.2, 0.25) is 0 Å². The van der Waals surface area contributed by atoms with E-state index in [9.17, 15) is 4.79 Å². The molecule has 0 spiro atoms. The van der Waals surface area contributed by atoms with E-state index in [0.29, 0.717) is 28.5 Å². The molecule has 5 rings (SSSR count). The van der Waals surface area contributed by atoms with Crippen LogP contribution < -0.4 is 10.1 Å². The Balaban J connectivity index is 1.46. The number of rotatable bonds is 4. The largest absolute Gasteiger partial charge is 0.460 e. The second-order valence-electron chi connectivity index (χ2n) is 7.36. The third-order valence-electron chi connectivity index (χ3n) is 4.94. The summed E-state index contributed by atoms with van der Waals surface area (Å²) in [5.74, 6) is 2.18. The summed E-state index contributed by atoms with van der Waals surface area (Å²) in [6, 6.07) is 13.1. The minimum Gasteiger partial charge on any atom is -0.460 e. The van der Waals surface area contributed by atoms with Gasteiger partial charge in [0.25, 0.3) is 5.91 Å². The van der Waals surface area contributed by atoms with E-state index in [1.807, 2.05) is 55.6 Å². The van der Waals surface area contributed by atoms with Gasteiger partial charge in [0.2, 0.25) is 0 Å². The minimum absolute atomic E-state index is 0.253. The number of amides is 1. The fourth-order valence-electron chi connectivity index (χ4n) is 3.69. The predicted octanol–water partition coefficient (Wildman–Crippen LogP) is 6.41. The molecule has 0 unspecified atom stereocenters. The van der Waals surface area contributed by atoms with Gasteiger partial charge in [-0.15, -0.1) is 11.3 Å². The van der Waals surface area contributed by atoms with Crippen LogP contribution in [0.1, 0.15) is 27.4 Å². The third kappa shape index (κ3) is 3.64. The van der Waals surface area contributed by atoms with Crippen molar-refractivity contribution in [2.45, 2.75) is 20.8 Å². The first kappa shape index (κ1) is 19.3. The lowest BCUT2D eigenvalue weighted by Crippen LogP contribution is -2.14. The molecule has 0 fully saturated rings. The molecule has 0 radical (unpaired) electrons. The monoisotopic (exact) mass is 429 g/mol. The highest BCUT2D eigenvalue weighted by atomic mass is 32.1. The Labute approximate surface area is 182 Å². The van der Waals surface area contributed by atoms with Crippen molar-refractivity contribution in [3.63, 3.8) is 0 Å². The summed E-state index contributed by atoms with van der Waals surface area (Å²) >= 11 is 1.58. The SMILES string of the molecule is Cc1cc(C)nc(NC(=O)c2c(C)oc3cc(Oc4ccnc5ccsc45)ccc23)c1. The molecular weight excluding hydrogens is 410 g/mol. The van der Waals surface area contributed by atoms with Crippen molar-refractivity contribution in [2.75, 3.05) is 5.32 Å². The van der Waals surface area contributed by atoms with E-state index < -0.39 is 0 Å². The molecule has 1 N–H and O–H groups in total. The van der Waals surface area contributed by atoms with Gasteiger partial charge in [0.05, 0.1) is 15.8 Å². The summed E-state index contributed by atoms with van der Waals surface area (Å²) in [6.45, 7) is 5.65. The average Bonchev–Trinajstić information content (AvgIpc) is 3.31. The molecule has 0 saturated carbocycles. The van der Waals surface area contributed by atoms with Crippen LogP contribution in [0.5, 0.6) is 11.5 Å². The van der Waals surface area contributed by atoms with Gasteiger partial charge in [0.1, 0.15) is 28.7 Å². The van der Waals surface area contributed by atoms with E-state index in [0.717, 1.165) is 32.6 Å². The van der Waals surface area contributed by atoms with Crippen LogP contribution in [0.15, 0.2) is 58.5 Å². The quantitative estimate of drug-likeness (QED) is 0.357. The number of nitrogens with zero attached hydrogens (tertiary/aromatic N) is 2. The Morgan fingerprint density at radius 3 is 2.81 bits per heavy atom. The van der Waals surface area contributed by atoms with Crippen molar-refractivity contribution >= 4 is 44.2 Å². The number of aromatic nitrogens is 2. The zero-order chi connectivity index (χ0) is 21.5. The standard InChI is InChI=1S/C24H19N3O3S/c1-13-10-14(2)26-21(11-13)27-24(28)22-15(3)29-20-12-16(4-5-17(20)22)30-19-6-8-25-18-7-9-31-23(18)19/h4-12H,1-3H3,(H,26,27,28). The number of nitrogens with one attached hydrogen (secondary N) is 1. The number of carbonyl (C=O) groups is 1. The van der Waals surface area contributed by atoms with Gasteiger partial charge in [0, 0.05) is 29.4 Å². The molecule has 0 saturated heterocycles. The Hall–Kier alpha value is -3.71. The van der Waals surface area contributed by atoms with Gasteiger partial charge in [-0.05, 0) is 62.0 Å². The number of anilines is 1. The van der Waals surface area contributed by atoms with Gasteiger partial charge in [-0.1, -0.05) is 0 Å². The molecule has 31 heavy (non-hydrogen) atoms. The number of fused-ring (bicyclic) bond motifs is 2. The molecule has 0 aliphatic carbocycles. The summed E-state index contributed by atoms with van der Waals surface area (Å²) in [6.07, 6.45) is 1.73. The first-order chi connectivity index (χ1) is 15.0. The molecule has 0 aliphatic rings. The molecule has 6 nitrogen and oxygen atoms in total. The zero-order valence-corrected chi connectivity index (χ0v) is 18.0. The summed E-state index contributed by atoms with van der Waals surface area (Å²) in [4.78, 5) is 21.7. The number of benzene rings is 1. The molecular formula is C24H19N3O3S. The van der Waals surface area contributed by atoms with Gasteiger partial charge in [-0.25, -0.2) is 4.98 Å². The summed E-state index contributed by atoms with van der Waals surface area (Å²) in [5.41, 5.74) is 3.87. The highest BCUT2D eigenvalue weighted by Crippen LogP contribution is 2.35. The van der Waals surface area contributed by atoms with Crippen LogP contribution >= 0.6 is 11.3 Å². The van der Waals surface area contributed by atoms with Crippen LogP contribution in [0.4, 0.5) is 5.82 Å². The Morgan fingerprint density at radius 2 is 1.97 bits per heavy atom. The van der Waals surface area contributed by atoms with Crippen LogP contribution in [-0.4, -0.2) is 15.9 Å². The number of hydrogen-bond donors (Lipinski definition) is 1. The third-order valence-corrected chi connectivity index (χ3v) is 5.86. The number of aryl methyl sites for hydroxylation is 3. The van der Waals surface area contributed by atoms with E-state index in [2.05, 4.69) is 15.3 Å². The Bertz CT molecular complexity index is 1430. The maximum atomic E-state index is 13.0. The zero-order valence-electron chi connectivity index (χ0n) is 17.2. The molecule has 4 aromatic heterocycles. The average molecular weight is 430 g/mol. The number of furan rings is 1. The van der Waals surface area contributed by atoms with Gasteiger partial charge >= 0.3 is 0 Å². The van der Waals surface area contributed by atoms with Crippen molar-refractivity contribution in [1.29, 1.82) is 0 Å². The maximum Gasteiger partial charge on any atom is 0.260 e. The number of hydrogen-bond acceptors (Lipinski definition) is 6. The van der Waals surface area contributed by atoms with Gasteiger partial charge in [-0.3, -0.25) is 9.78 Å². The van der Waals surface area contributed by atoms with Gasteiger partial charge < -0.3 is 14.5 Å². The van der Waals surface area contributed by atoms with E-state index in [1.165, 1.54) is 0 Å². The lowest BCUT2D eigenvalue weighted by atomic mass is 10.1. The number of carbonyl (C=O) groups excluding carboxylic acids is 1. The molecule has 1 aromatic carbocycles. The predicted molar refractivity (Wildman–Crippen MR) is 122 cm³/mol. The van der Waals surface area contributed by atoms with E-state index in [4.69, 9.17) is 9.15 Å². The van der Waals surface area contributed by atoms with Crippen LogP contribution in [0.25, 0.3) is 21.2 Å². The van der Waals surface area contributed by atoms with Crippen LogP contribution in [-0.2, 0) is 0 Å². The molecule has 1 amide bonds. The van der Waals surface area contributed by atoms with Gasteiger partial charge in [-0.2, -0.15) is 0 Å². The number of pyridine rings is 2. The van der Waals surface area contributed by atoms with Gasteiger partial charge in [0.15, 0.2) is 0 Å². The molecule has 7 heteroatoms. The van der Waals surface area contributed by atoms with Crippen molar-refractivity contribution in [2.24, 2.45) is 0 Å². The topological polar surface area (TPSA) is 77.2 Å². The Kier molecular flexibility index (Phi) is 4.67. The van der Waals surface area contributed by atoms with Crippen molar-refractivity contribution in [3.8, 4) is 11.5 Å². The first-order valence-corrected chi connectivity index (χ1v) is 10.7. The lowest BCUT2D eigenvalue weighted by molar-refractivity contribution is 0.102. The Morgan fingerprint density at radius 1 is 1.10 bits per heavy atom. The molecule has 5 aromatic rings. The molecule has 154 valence electrons. The van der Waals surface area contributed by atoms with E-state index in [1.54, 1.807) is 30.5 Å². The second kappa shape index (κ2) is 7.52. The first-order valence-electron chi connectivity index (χ1n) is 9.78. The smallest absolute Gasteiger partial charge is 0.260 e. The summed E-state index contributed by atoms with van der Waals surface area (Å²) in [5, 5.41) is 5.59. The highest BCUT2D eigenvalue weighted by molar-refractivity contribution is 7.17. The normalized spacial score (nSPS) is 11.2. The minimum atomic E-state index is -0.253.